The van der Waals surface area contributed by atoms with Gasteiger partial charge in [0.2, 0.25) is 0 Å². The molecule has 0 fully saturated rings. The zero-order valence-corrected chi connectivity index (χ0v) is 27.8. The van der Waals surface area contributed by atoms with Crippen molar-refractivity contribution < 1.29 is 4.42 Å². The molecule has 1 atom stereocenters. The second-order valence-electron chi connectivity index (χ2n) is 13.7. The molecule has 0 spiro atoms. The van der Waals surface area contributed by atoms with E-state index in [0.29, 0.717) is 0 Å². The lowest BCUT2D eigenvalue weighted by Gasteiger charge is -2.16. The van der Waals surface area contributed by atoms with E-state index in [0.717, 1.165) is 21.9 Å². The maximum Gasteiger partial charge on any atom is 0.135 e. The van der Waals surface area contributed by atoms with Crippen LogP contribution in [-0.4, -0.2) is 4.57 Å². The van der Waals surface area contributed by atoms with Crippen LogP contribution in [0.4, 0.5) is 0 Å². The minimum atomic E-state index is 0.159. The number of aromatic nitrogens is 1. The normalized spacial score (nSPS) is 13.7. The van der Waals surface area contributed by atoms with Crippen LogP contribution in [-0.2, 0) is 0 Å². The van der Waals surface area contributed by atoms with Gasteiger partial charge in [0.1, 0.15) is 11.2 Å². The predicted molar refractivity (Wildman–Crippen MR) is 212 cm³/mol. The number of para-hydroxylation sites is 3. The number of nitrogens with zero attached hydrogens (tertiary/aromatic N) is 1. The maximum atomic E-state index is 6.13. The molecule has 0 bridgehead atoms. The van der Waals surface area contributed by atoms with Crippen LogP contribution in [0.2, 0.25) is 0 Å². The highest BCUT2D eigenvalue weighted by molar-refractivity contribution is 6.10. The van der Waals surface area contributed by atoms with E-state index in [4.69, 9.17) is 4.42 Å². The summed E-state index contributed by atoms with van der Waals surface area (Å²) in [5, 5.41) is 4.85. The third kappa shape index (κ3) is 4.30. The maximum absolute atomic E-state index is 6.13. The van der Waals surface area contributed by atoms with Crippen LogP contribution in [0.3, 0.4) is 0 Å². The largest absolute Gasteiger partial charge is 0.456 e. The van der Waals surface area contributed by atoms with Crippen molar-refractivity contribution >= 4 is 43.7 Å². The summed E-state index contributed by atoms with van der Waals surface area (Å²) in [7, 11) is 0. The standard InChI is InChI=1S/C49H31NO/c1-2-13-36(14-3-1)50-45-19-8-6-16-38(45)39-24-21-34(30-46(39)50)32-22-25-42-43(28-32)37-15-4-5-18-41(37)49(42)35-12-10-11-31(27-35)33-23-26-48-44(29-33)40-17-7-9-20-47(40)51-48/h1-30,49H. The summed E-state index contributed by atoms with van der Waals surface area (Å²) >= 11 is 0. The van der Waals surface area contributed by atoms with Gasteiger partial charge < -0.3 is 8.98 Å². The molecular formula is C49H31NO. The number of fused-ring (bicyclic) bond motifs is 9. The van der Waals surface area contributed by atoms with Crippen molar-refractivity contribution in [1.29, 1.82) is 0 Å². The van der Waals surface area contributed by atoms with Gasteiger partial charge in [0, 0.05) is 33.2 Å². The molecule has 10 aromatic rings. The molecule has 8 aromatic carbocycles. The van der Waals surface area contributed by atoms with Crippen LogP contribution in [0.25, 0.3) is 82.8 Å². The molecule has 0 saturated carbocycles. The molecule has 0 N–H and O–H groups in total. The third-order valence-corrected chi connectivity index (χ3v) is 10.9. The summed E-state index contributed by atoms with van der Waals surface area (Å²) < 4.78 is 8.52. The fraction of sp³-hybridized carbons (Fsp3) is 0.0204. The van der Waals surface area contributed by atoms with E-state index in [9.17, 15) is 0 Å². The topological polar surface area (TPSA) is 18.1 Å². The van der Waals surface area contributed by atoms with Crippen LogP contribution in [0.1, 0.15) is 22.6 Å². The van der Waals surface area contributed by atoms with Gasteiger partial charge >= 0.3 is 0 Å². The molecule has 238 valence electrons. The highest BCUT2D eigenvalue weighted by atomic mass is 16.3. The van der Waals surface area contributed by atoms with Crippen LogP contribution in [0.5, 0.6) is 0 Å². The quantitative estimate of drug-likeness (QED) is 0.186. The van der Waals surface area contributed by atoms with Crippen molar-refractivity contribution in [3.05, 3.63) is 199 Å². The number of hydrogen-bond acceptors (Lipinski definition) is 1. The van der Waals surface area contributed by atoms with E-state index < -0.39 is 0 Å². The van der Waals surface area contributed by atoms with Gasteiger partial charge in [0.25, 0.3) is 0 Å². The molecule has 0 amide bonds. The van der Waals surface area contributed by atoms with Crippen LogP contribution < -0.4 is 0 Å². The minimum Gasteiger partial charge on any atom is -0.456 e. The molecule has 51 heavy (non-hydrogen) atoms. The molecule has 2 aromatic heterocycles. The molecule has 1 aliphatic carbocycles. The second-order valence-corrected chi connectivity index (χ2v) is 13.7. The van der Waals surface area contributed by atoms with Gasteiger partial charge in [-0.05, 0) is 98.6 Å². The van der Waals surface area contributed by atoms with Gasteiger partial charge in [-0.2, -0.15) is 0 Å². The highest BCUT2D eigenvalue weighted by Gasteiger charge is 2.30. The van der Waals surface area contributed by atoms with E-state index in [1.807, 2.05) is 12.1 Å². The first-order valence-electron chi connectivity index (χ1n) is 17.6. The Labute approximate surface area is 295 Å². The van der Waals surface area contributed by atoms with Crippen molar-refractivity contribution in [2.45, 2.75) is 5.92 Å². The lowest BCUT2D eigenvalue weighted by Crippen LogP contribution is -1.99. The van der Waals surface area contributed by atoms with Crippen molar-refractivity contribution in [2.75, 3.05) is 0 Å². The van der Waals surface area contributed by atoms with Crippen molar-refractivity contribution in [2.24, 2.45) is 0 Å². The molecular weight excluding hydrogens is 619 g/mol. The minimum absolute atomic E-state index is 0.159. The second kappa shape index (κ2) is 10.9. The Morgan fingerprint density at radius 1 is 0.373 bits per heavy atom. The average molecular weight is 650 g/mol. The number of furan rings is 1. The van der Waals surface area contributed by atoms with Crippen LogP contribution >= 0.6 is 0 Å². The average Bonchev–Trinajstić information content (AvgIpc) is 3.85. The van der Waals surface area contributed by atoms with Gasteiger partial charge in [-0.3, -0.25) is 0 Å². The summed E-state index contributed by atoms with van der Waals surface area (Å²) in [4.78, 5) is 0. The van der Waals surface area contributed by atoms with E-state index >= 15 is 0 Å². The van der Waals surface area contributed by atoms with Gasteiger partial charge in [-0.15, -0.1) is 0 Å². The first-order chi connectivity index (χ1) is 25.3. The van der Waals surface area contributed by atoms with E-state index in [-0.39, 0.29) is 5.92 Å². The van der Waals surface area contributed by atoms with Gasteiger partial charge in [-0.1, -0.05) is 133 Å². The molecule has 2 heterocycles. The Balaban J connectivity index is 1.03. The summed E-state index contributed by atoms with van der Waals surface area (Å²) in [6.45, 7) is 0. The zero-order valence-electron chi connectivity index (χ0n) is 27.8. The summed E-state index contributed by atoms with van der Waals surface area (Å²) in [5.41, 5.74) is 17.0. The molecule has 0 radical (unpaired) electrons. The lowest BCUT2D eigenvalue weighted by atomic mass is 9.87. The Morgan fingerprint density at radius 2 is 1.04 bits per heavy atom. The molecule has 1 aliphatic rings. The Kier molecular flexibility index (Phi) is 6.05. The Bertz CT molecular complexity index is 2980. The fourth-order valence-corrected chi connectivity index (χ4v) is 8.55. The van der Waals surface area contributed by atoms with Crippen molar-refractivity contribution in [3.63, 3.8) is 0 Å². The third-order valence-electron chi connectivity index (χ3n) is 10.9. The monoisotopic (exact) mass is 649 g/mol. The number of benzene rings is 8. The molecule has 1 unspecified atom stereocenters. The first kappa shape index (κ1) is 28.2. The molecule has 11 rings (SSSR count). The van der Waals surface area contributed by atoms with E-state index in [1.165, 1.54) is 77.6 Å². The molecule has 2 heteroatoms. The van der Waals surface area contributed by atoms with Crippen molar-refractivity contribution in [1.82, 2.24) is 4.57 Å². The van der Waals surface area contributed by atoms with Crippen molar-refractivity contribution in [3.8, 4) is 39.1 Å². The predicted octanol–water partition coefficient (Wildman–Crippen LogP) is 13.2. The fourth-order valence-electron chi connectivity index (χ4n) is 8.55. The Hall–Kier alpha value is -6.64. The van der Waals surface area contributed by atoms with Gasteiger partial charge in [-0.25, -0.2) is 0 Å². The smallest absolute Gasteiger partial charge is 0.135 e. The summed E-state index contributed by atoms with van der Waals surface area (Å²) in [6, 6.07) is 66.3. The van der Waals surface area contributed by atoms with E-state index in [2.05, 4.69) is 174 Å². The van der Waals surface area contributed by atoms with Gasteiger partial charge in [0.15, 0.2) is 0 Å². The zero-order chi connectivity index (χ0) is 33.5. The summed E-state index contributed by atoms with van der Waals surface area (Å²) in [6.07, 6.45) is 0. The van der Waals surface area contributed by atoms with Crippen LogP contribution in [0, 0.1) is 0 Å². The lowest BCUT2D eigenvalue weighted by molar-refractivity contribution is 0.669. The van der Waals surface area contributed by atoms with Crippen LogP contribution in [0.15, 0.2) is 186 Å². The highest BCUT2D eigenvalue weighted by Crippen LogP contribution is 2.50. The van der Waals surface area contributed by atoms with Gasteiger partial charge in [0.05, 0.1) is 11.0 Å². The molecule has 0 aliphatic heterocycles. The SMILES string of the molecule is c1ccc(-n2c3ccccc3c3ccc(-c4ccc5c(c4)-c4ccccc4C5c4cccc(-c5ccc6oc7ccccc7c6c5)c4)cc32)cc1. The molecule has 0 saturated heterocycles. The number of hydrogen-bond donors (Lipinski definition) is 0. The summed E-state index contributed by atoms with van der Waals surface area (Å²) in [5.74, 6) is 0.159. The van der Waals surface area contributed by atoms with E-state index in [1.54, 1.807) is 0 Å². The first-order valence-corrected chi connectivity index (χ1v) is 17.6. The Morgan fingerprint density at radius 3 is 1.98 bits per heavy atom. The molecule has 2 nitrogen and oxygen atoms in total. The number of rotatable bonds is 4.